The average molecular weight is 375 g/mol. The molecule has 1 amide bonds. The fraction of sp³-hybridized carbons (Fsp3) is 0.462. The van der Waals surface area contributed by atoms with Crippen LogP contribution in [0.15, 0.2) is 18.2 Å². The number of carbonyl (C=O) groups excluding carboxylic acids is 1. The second-order valence-corrected chi connectivity index (χ2v) is 5.75. The Labute approximate surface area is 126 Å². The number of aromatic hydroxyl groups is 1. The molecular weight excluding hydrogens is 357 g/mol. The van der Waals surface area contributed by atoms with Gasteiger partial charge in [0, 0.05) is 42.8 Å². The Morgan fingerprint density at radius 3 is 2.89 bits per heavy atom. The normalized spacial score (nSPS) is 16.3. The van der Waals surface area contributed by atoms with Gasteiger partial charge in [0.05, 0.1) is 5.56 Å². The number of amides is 1. The number of phenolic OH excluding ortho intramolecular Hbond substituents is 1. The van der Waals surface area contributed by atoms with E-state index in [0.717, 1.165) is 36.3 Å². The van der Waals surface area contributed by atoms with E-state index < -0.39 is 0 Å². The van der Waals surface area contributed by atoms with Crippen LogP contribution in [0, 0.1) is 3.57 Å². The van der Waals surface area contributed by atoms with Gasteiger partial charge in [-0.15, -0.1) is 0 Å². The summed E-state index contributed by atoms with van der Waals surface area (Å²) in [6, 6.07) is 5.01. The van der Waals surface area contributed by atoms with Crippen molar-refractivity contribution in [1.82, 2.24) is 15.5 Å². The Bertz CT molecular complexity index is 448. The minimum Gasteiger partial charge on any atom is -0.507 e. The number of halogens is 1. The molecule has 0 spiro atoms. The zero-order valence-electron chi connectivity index (χ0n) is 10.7. The molecule has 2 rings (SSSR count). The molecule has 1 aromatic carbocycles. The van der Waals surface area contributed by atoms with Gasteiger partial charge in [-0.2, -0.15) is 0 Å². The van der Waals surface area contributed by atoms with Crippen molar-refractivity contribution in [3.05, 3.63) is 27.3 Å². The lowest BCUT2D eigenvalue weighted by atomic mass is 10.2. The van der Waals surface area contributed by atoms with Gasteiger partial charge in [0.15, 0.2) is 0 Å². The van der Waals surface area contributed by atoms with E-state index in [9.17, 15) is 9.90 Å². The summed E-state index contributed by atoms with van der Waals surface area (Å²) in [6.07, 6.45) is 0. The number of nitrogens with one attached hydrogen (secondary N) is 2. The molecule has 0 radical (unpaired) electrons. The summed E-state index contributed by atoms with van der Waals surface area (Å²) in [7, 11) is 0. The molecule has 104 valence electrons. The highest BCUT2D eigenvalue weighted by molar-refractivity contribution is 14.1. The molecule has 0 atom stereocenters. The van der Waals surface area contributed by atoms with E-state index in [4.69, 9.17) is 0 Å². The van der Waals surface area contributed by atoms with Crippen LogP contribution < -0.4 is 10.6 Å². The van der Waals surface area contributed by atoms with Crippen molar-refractivity contribution in [2.45, 2.75) is 0 Å². The minimum absolute atomic E-state index is 0.0279. The predicted octanol–water partition coefficient (Wildman–Crippen LogP) is 0.632. The maximum absolute atomic E-state index is 12.0. The predicted molar refractivity (Wildman–Crippen MR) is 82.5 cm³/mol. The lowest BCUT2D eigenvalue weighted by Gasteiger charge is -2.27. The van der Waals surface area contributed by atoms with E-state index in [-0.39, 0.29) is 11.7 Å². The molecule has 1 aliphatic heterocycles. The highest BCUT2D eigenvalue weighted by Gasteiger charge is 2.13. The van der Waals surface area contributed by atoms with Crippen molar-refractivity contribution >= 4 is 28.5 Å². The van der Waals surface area contributed by atoms with Gasteiger partial charge in [0.1, 0.15) is 5.75 Å². The van der Waals surface area contributed by atoms with Gasteiger partial charge < -0.3 is 15.7 Å². The fourth-order valence-corrected chi connectivity index (χ4v) is 2.54. The zero-order chi connectivity index (χ0) is 13.7. The van der Waals surface area contributed by atoms with E-state index in [1.54, 1.807) is 18.2 Å². The van der Waals surface area contributed by atoms with Crippen LogP contribution >= 0.6 is 22.6 Å². The number of piperazine rings is 1. The second kappa shape index (κ2) is 7.06. The number of carbonyl (C=O) groups is 1. The molecular formula is C13H18IN3O2. The van der Waals surface area contributed by atoms with Crippen LogP contribution in [0.2, 0.25) is 0 Å². The van der Waals surface area contributed by atoms with Crippen molar-refractivity contribution < 1.29 is 9.90 Å². The molecule has 0 aliphatic carbocycles. The highest BCUT2D eigenvalue weighted by Crippen LogP contribution is 2.19. The van der Waals surface area contributed by atoms with E-state index >= 15 is 0 Å². The first-order chi connectivity index (χ1) is 9.16. The first-order valence-electron chi connectivity index (χ1n) is 6.36. The smallest absolute Gasteiger partial charge is 0.255 e. The molecule has 1 saturated heterocycles. The van der Waals surface area contributed by atoms with E-state index in [0.29, 0.717) is 12.1 Å². The summed E-state index contributed by atoms with van der Waals surface area (Å²) in [5.41, 5.74) is 0.340. The van der Waals surface area contributed by atoms with Crippen molar-refractivity contribution in [1.29, 1.82) is 0 Å². The summed E-state index contributed by atoms with van der Waals surface area (Å²) < 4.78 is 0.933. The number of hydrogen-bond donors (Lipinski definition) is 3. The van der Waals surface area contributed by atoms with Gasteiger partial charge in [-0.05, 0) is 40.8 Å². The molecule has 1 aliphatic rings. The Morgan fingerprint density at radius 1 is 1.42 bits per heavy atom. The van der Waals surface area contributed by atoms with Gasteiger partial charge in [0.25, 0.3) is 5.91 Å². The molecule has 5 nitrogen and oxygen atoms in total. The standard InChI is InChI=1S/C13H18IN3O2/c14-10-1-2-12(18)11(9-10)13(19)16-5-8-17-6-3-15-4-7-17/h1-2,9,15,18H,3-8H2,(H,16,19). The van der Waals surface area contributed by atoms with E-state index in [2.05, 4.69) is 38.1 Å². The quantitative estimate of drug-likeness (QED) is 0.676. The van der Waals surface area contributed by atoms with Crippen molar-refractivity contribution in [2.75, 3.05) is 39.3 Å². The zero-order valence-corrected chi connectivity index (χ0v) is 12.8. The maximum Gasteiger partial charge on any atom is 0.255 e. The number of benzene rings is 1. The third kappa shape index (κ3) is 4.32. The van der Waals surface area contributed by atoms with Crippen LogP contribution in [-0.2, 0) is 0 Å². The molecule has 0 bridgehead atoms. The van der Waals surface area contributed by atoms with Crippen LogP contribution in [-0.4, -0.2) is 55.2 Å². The van der Waals surface area contributed by atoms with Gasteiger partial charge >= 0.3 is 0 Å². The average Bonchev–Trinajstić information content (AvgIpc) is 2.42. The molecule has 1 heterocycles. The van der Waals surface area contributed by atoms with Gasteiger partial charge in [-0.3, -0.25) is 9.69 Å². The molecule has 3 N–H and O–H groups in total. The summed E-state index contributed by atoms with van der Waals surface area (Å²) in [6.45, 7) is 5.49. The van der Waals surface area contributed by atoms with Crippen LogP contribution in [0.25, 0.3) is 0 Å². The number of nitrogens with zero attached hydrogens (tertiary/aromatic N) is 1. The van der Waals surface area contributed by atoms with Crippen LogP contribution in [0.3, 0.4) is 0 Å². The monoisotopic (exact) mass is 375 g/mol. The highest BCUT2D eigenvalue weighted by atomic mass is 127. The number of rotatable bonds is 4. The Balaban J connectivity index is 1.82. The Hall–Kier alpha value is -0.860. The van der Waals surface area contributed by atoms with Crippen LogP contribution in [0.5, 0.6) is 5.75 Å². The third-order valence-corrected chi connectivity index (χ3v) is 3.80. The van der Waals surface area contributed by atoms with Gasteiger partial charge in [0.2, 0.25) is 0 Å². The molecule has 0 saturated carbocycles. The van der Waals surface area contributed by atoms with Crippen molar-refractivity contribution in [3.8, 4) is 5.75 Å². The summed E-state index contributed by atoms with van der Waals surface area (Å²) in [4.78, 5) is 14.3. The molecule has 6 heteroatoms. The number of phenols is 1. The topological polar surface area (TPSA) is 64.6 Å². The second-order valence-electron chi connectivity index (χ2n) is 4.51. The summed E-state index contributed by atoms with van der Waals surface area (Å²) in [5.74, 6) is -0.189. The van der Waals surface area contributed by atoms with Gasteiger partial charge in [-0.25, -0.2) is 0 Å². The lowest BCUT2D eigenvalue weighted by molar-refractivity contribution is 0.0944. The molecule has 1 aromatic rings. The maximum atomic E-state index is 12.0. The fourth-order valence-electron chi connectivity index (χ4n) is 2.05. The molecule has 0 aromatic heterocycles. The molecule has 0 unspecified atom stereocenters. The Kier molecular flexibility index (Phi) is 5.41. The van der Waals surface area contributed by atoms with Gasteiger partial charge in [-0.1, -0.05) is 0 Å². The van der Waals surface area contributed by atoms with Crippen LogP contribution in [0.1, 0.15) is 10.4 Å². The van der Waals surface area contributed by atoms with E-state index in [1.165, 1.54) is 0 Å². The lowest BCUT2D eigenvalue weighted by Crippen LogP contribution is -2.46. The number of hydrogen-bond acceptors (Lipinski definition) is 4. The van der Waals surface area contributed by atoms with E-state index in [1.807, 2.05) is 0 Å². The SMILES string of the molecule is O=C(NCCN1CCNCC1)c1cc(I)ccc1O. The largest absolute Gasteiger partial charge is 0.507 e. The Morgan fingerprint density at radius 2 is 2.16 bits per heavy atom. The van der Waals surface area contributed by atoms with Crippen LogP contribution in [0.4, 0.5) is 0 Å². The summed E-state index contributed by atoms with van der Waals surface area (Å²) >= 11 is 2.12. The first-order valence-corrected chi connectivity index (χ1v) is 7.44. The van der Waals surface area contributed by atoms with Crippen molar-refractivity contribution in [3.63, 3.8) is 0 Å². The van der Waals surface area contributed by atoms with Crippen molar-refractivity contribution in [2.24, 2.45) is 0 Å². The minimum atomic E-state index is -0.217. The molecule has 1 fully saturated rings. The summed E-state index contributed by atoms with van der Waals surface area (Å²) in [5, 5.41) is 15.8. The molecule has 19 heavy (non-hydrogen) atoms. The first kappa shape index (κ1) is 14.5. The third-order valence-electron chi connectivity index (χ3n) is 3.13.